The van der Waals surface area contributed by atoms with Crippen molar-refractivity contribution in [1.82, 2.24) is 14.5 Å². The van der Waals surface area contributed by atoms with Crippen molar-refractivity contribution in [3.8, 4) is 11.5 Å². The summed E-state index contributed by atoms with van der Waals surface area (Å²) < 4.78 is 49.9. The van der Waals surface area contributed by atoms with Gasteiger partial charge in [-0.2, -0.15) is 0 Å². The van der Waals surface area contributed by atoms with Gasteiger partial charge in [0.15, 0.2) is 0 Å². The van der Waals surface area contributed by atoms with Crippen LogP contribution in [0.25, 0.3) is 5.70 Å². The third-order valence-electron chi connectivity index (χ3n) is 6.64. The number of allylic oxidation sites excluding steroid dienone is 3. The van der Waals surface area contributed by atoms with Crippen molar-refractivity contribution in [3.63, 3.8) is 0 Å². The van der Waals surface area contributed by atoms with Crippen molar-refractivity contribution in [3.05, 3.63) is 150 Å². The topological polar surface area (TPSA) is 144 Å². The first-order valence-corrected chi connectivity index (χ1v) is 15.9. The van der Waals surface area contributed by atoms with Gasteiger partial charge in [0, 0.05) is 36.9 Å². The van der Waals surface area contributed by atoms with Crippen LogP contribution in [0.5, 0.6) is 11.5 Å². The second-order valence-corrected chi connectivity index (χ2v) is 11.3. The maximum atomic E-state index is 8.49. The van der Waals surface area contributed by atoms with Crippen LogP contribution < -0.4 is 32.8 Å². The van der Waals surface area contributed by atoms with Crippen molar-refractivity contribution < 1.29 is 38.4 Å². The van der Waals surface area contributed by atoms with E-state index in [1.54, 1.807) is 14.2 Å². The number of benzene rings is 4. The summed E-state index contributed by atoms with van der Waals surface area (Å²) in [6.45, 7) is 0. The molecule has 0 bridgehead atoms. The first-order valence-electron chi connectivity index (χ1n) is 14.7. The number of nitrogens with zero attached hydrogens (tertiary/aromatic N) is 4. The van der Waals surface area contributed by atoms with Crippen molar-refractivity contribution in [2.75, 3.05) is 42.4 Å². The number of aliphatic imine (C=N–C) groups is 1. The summed E-state index contributed by atoms with van der Waals surface area (Å²) in [5.74, 6) is 3.29. The summed E-state index contributed by atoms with van der Waals surface area (Å²) in [7, 11) is 6.41. The van der Waals surface area contributed by atoms with Gasteiger partial charge in [-0.1, -0.05) is 54.6 Å². The summed E-state index contributed by atoms with van der Waals surface area (Å²) in [6, 6.07) is 36.2. The fourth-order valence-electron chi connectivity index (χ4n) is 4.40. The van der Waals surface area contributed by atoms with Gasteiger partial charge in [0.1, 0.15) is 17.3 Å². The van der Waals surface area contributed by atoms with E-state index in [9.17, 15) is 0 Å². The third-order valence-corrected chi connectivity index (χ3v) is 6.64. The Labute approximate surface area is 283 Å². The van der Waals surface area contributed by atoms with Crippen LogP contribution in [0.3, 0.4) is 0 Å². The molecule has 0 saturated carbocycles. The molecule has 0 heterocycles. The molecule has 0 N–H and O–H groups in total. The maximum absolute atomic E-state index is 8.49. The van der Waals surface area contributed by atoms with Crippen LogP contribution in [0.1, 0.15) is 22.3 Å². The predicted molar refractivity (Wildman–Crippen MR) is 180 cm³/mol. The highest BCUT2D eigenvalue weighted by molar-refractivity contribution is 6.12. The highest BCUT2D eigenvalue weighted by atomic mass is 35.7. The fourth-order valence-corrected chi connectivity index (χ4v) is 4.40. The largest absolute Gasteiger partial charge is 0.497 e. The molecule has 10 nitrogen and oxygen atoms in total. The SMILES string of the molecule is COc1ccc(C(/C=C/C=C(\N=C(c2ccccc2)N(C)C)c2ccc(OC)cc2)=[N+]=C(c2ccccc2)N(C)C)cc1.[O-][Cl+3]([O-])([O-])[O-]. The minimum Gasteiger partial charge on any atom is -0.497 e. The molecular weight excluding hydrogens is 632 g/mol. The van der Waals surface area contributed by atoms with E-state index in [-0.39, 0.29) is 0 Å². The molecule has 0 atom stereocenters. The van der Waals surface area contributed by atoms with Gasteiger partial charge >= 0.3 is 5.84 Å². The fraction of sp³-hybridized carbons (Fsp3) is 0.162. The second kappa shape index (κ2) is 18.2. The molecule has 4 aromatic rings. The van der Waals surface area contributed by atoms with Crippen LogP contribution in [0.15, 0.2) is 132 Å². The number of methoxy groups -OCH3 is 2. The van der Waals surface area contributed by atoms with Crippen LogP contribution in [0.4, 0.5) is 0 Å². The summed E-state index contributed by atoms with van der Waals surface area (Å²) >= 11 is 0. The number of amidine groups is 2. The van der Waals surface area contributed by atoms with E-state index in [4.69, 9.17) is 37.8 Å². The van der Waals surface area contributed by atoms with Gasteiger partial charge in [-0.15, -0.1) is 10.2 Å². The molecule has 0 spiro atoms. The second-order valence-electron chi connectivity index (χ2n) is 10.5. The molecule has 0 fully saturated rings. The number of halogens is 1. The Balaban J connectivity index is 0.00000116. The summed E-state index contributed by atoms with van der Waals surface area (Å²) in [5.41, 5.74) is 5.61. The smallest absolute Gasteiger partial charge is 0.377 e. The zero-order chi connectivity index (χ0) is 35.1. The average Bonchev–Trinajstić information content (AvgIpc) is 3.07. The quantitative estimate of drug-likeness (QED) is 0.113. The highest BCUT2D eigenvalue weighted by Gasteiger charge is 2.17. The lowest BCUT2D eigenvalue weighted by atomic mass is 10.1. The minimum absolute atomic E-state index is 0.792. The van der Waals surface area contributed by atoms with E-state index in [0.29, 0.717) is 0 Å². The molecule has 4 aromatic carbocycles. The molecule has 0 saturated heterocycles. The van der Waals surface area contributed by atoms with Gasteiger partial charge in [0.05, 0.1) is 39.6 Å². The van der Waals surface area contributed by atoms with E-state index in [2.05, 4.69) is 24.3 Å². The van der Waals surface area contributed by atoms with Crippen molar-refractivity contribution in [2.24, 2.45) is 4.99 Å². The van der Waals surface area contributed by atoms with Gasteiger partial charge < -0.3 is 14.4 Å². The Morgan fingerprint density at radius 3 is 1.52 bits per heavy atom. The number of hydrogen-bond acceptors (Lipinski definition) is 7. The molecule has 0 aliphatic heterocycles. The molecule has 48 heavy (non-hydrogen) atoms. The van der Waals surface area contributed by atoms with E-state index < -0.39 is 10.2 Å². The van der Waals surface area contributed by atoms with Gasteiger partial charge in [0.2, 0.25) is 5.71 Å². The van der Waals surface area contributed by atoms with Gasteiger partial charge in [-0.05, 0) is 66.7 Å². The normalized spacial score (nSPS) is 11.6. The van der Waals surface area contributed by atoms with Crippen molar-refractivity contribution in [1.29, 1.82) is 0 Å². The first kappa shape index (κ1) is 37.3. The van der Waals surface area contributed by atoms with Crippen LogP contribution >= 0.6 is 0 Å². The Hall–Kier alpha value is -5.19. The molecule has 0 aliphatic rings. The Morgan fingerprint density at radius 2 is 1.08 bits per heavy atom. The van der Waals surface area contributed by atoms with E-state index in [0.717, 1.165) is 56.8 Å². The van der Waals surface area contributed by atoms with Gasteiger partial charge in [-0.25, -0.2) is 28.3 Å². The molecule has 0 unspecified atom stereocenters. The molecule has 0 radical (unpaired) electrons. The van der Waals surface area contributed by atoms with Crippen LogP contribution in [0.2, 0.25) is 0 Å². The molecule has 250 valence electrons. The zero-order valence-electron chi connectivity index (χ0n) is 27.7. The van der Waals surface area contributed by atoms with Crippen molar-refractivity contribution >= 4 is 23.1 Å². The summed E-state index contributed by atoms with van der Waals surface area (Å²) in [5, 5.41) is 0. The number of hydrogen-bond donors (Lipinski definition) is 0. The highest BCUT2D eigenvalue weighted by Crippen LogP contribution is 2.22. The molecule has 0 amide bonds. The molecular formula is C37H39ClN4O6. The maximum Gasteiger partial charge on any atom is 0.377 e. The molecule has 0 aliphatic carbocycles. The monoisotopic (exact) mass is 670 g/mol. The standard InChI is InChI=1S/C37H39N4O2.ClHO4/c1-40(2)36(30-14-9-7-10-15-30)38-34(28-20-24-32(42-5)25-21-28)18-13-19-35(29-22-26-33(43-6)27-23-29)39-37(41(3)4)31-16-11-8-12-17-31;2-1(3,4)5/h7-27H,1-6H3;(H,2,3,4,5)/q+1;/p-1. The predicted octanol–water partition coefficient (Wildman–Crippen LogP) is 1.42. The zero-order valence-corrected chi connectivity index (χ0v) is 28.5. The Morgan fingerprint density at radius 1 is 0.625 bits per heavy atom. The molecule has 0 aromatic heterocycles. The van der Waals surface area contributed by atoms with Crippen molar-refractivity contribution in [2.45, 2.75) is 0 Å². The molecule has 11 heteroatoms. The summed E-state index contributed by atoms with van der Waals surface area (Å²) in [4.78, 5) is 9.20. The van der Waals surface area contributed by atoms with Gasteiger partial charge in [-0.3, -0.25) is 4.90 Å². The Kier molecular flexibility index (Phi) is 14.2. The lowest BCUT2D eigenvalue weighted by molar-refractivity contribution is -2.00. The van der Waals surface area contributed by atoms with Gasteiger partial charge in [0.25, 0.3) is 0 Å². The number of rotatable bonds is 9. The van der Waals surface area contributed by atoms with Crippen LogP contribution in [-0.4, -0.2) is 69.6 Å². The van der Waals surface area contributed by atoms with E-state index in [1.165, 1.54) is 0 Å². The average molecular weight is 671 g/mol. The van der Waals surface area contributed by atoms with Crippen LogP contribution in [0, 0.1) is 10.2 Å². The summed E-state index contributed by atoms with van der Waals surface area (Å²) in [6.07, 6.45) is 6.04. The third kappa shape index (κ3) is 12.2. The Bertz CT molecular complexity index is 1740. The first-order chi connectivity index (χ1) is 22.9. The minimum atomic E-state index is -4.94. The van der Waals surface area contributed by atoms with Crippen LogP contribution in [-0.2, 0) is 0 Å². The lowest BCUT2D eigenvalue weighted by Crippen LogP contribution is -2.68. The van der Waals surface area contributed by atoms with E-state index in [1.807, 2.05) is 141 Å². The number of ether oxygens (including phenoxy) is 2. The van der Waals surface area contributed by atoms with E-state index >= 15 is 0 Å². The lowest BCUT2D eigenvalue weighted by Gasteiger charge is -2.17. The molecule has 4 rings (SSSR count).